The number of carbonyl (C=O) groups excluding carboxylic acids is 1. The molecule has 2 rings (SSSR count). The second kappa shape index (κ2) is 12.5. The summed E-state index contributed by atoms with van der Waals surface area (Å²) in [5.41, 5.74) is 1.55. The SMILES string of the molecule is CN=C(NCC(=O)N(C)CCc1ccccn1)NCC(C)(C)c1cccc(F)c1.I. The Bertz CT molecular complexity index is 829. The molecule has 6 nitrogen and oxygen atoms in total. The largest absolute Gasteiger partial charge is 0.356 e. The van der Waals surface area contributed by atoms with Crippen LogP contribution in [-0.2, 0) is 16.6 Å². The Balaban J connectivity index is 0.00000450. The Morgan fingerprint density at radius 2 is 1.97 bits per heavy atom. The van der Waals surface area contributed by atoms with E-state index in [0.29, 0.717) is 25.5 Å². The third-order valence-corrected chi connectivity index (χ3v) is 4.79. The van der Waals surface area contributed by atoms with Gasteiger partial charge in [0.1, 0.15) is 5.82 Å². The lowest BCUT2D eigenvalue weighted by Crippen LogP contribution is -2.47. The standard InChI is InChI=1S/C22H30FN5O.HI/c1-22(2,17-8-7-9-18(23)14-17)16-27-21(24-3)26-15-20(29)28(4)13-11-19-10-5-6-12-25-19;/h5-10,12,14H,11,13,15-16H2,1-4H3,(H2,24,26,27);1H. The second-order valence-corrected chi connectivity index (χ2v) is 7.56. The van der Waals surface area contributed by atoms with Crippen molar-refractivity contribution in [2.45, 2.75) is 25.7 Å². The molecular formula is C22H31FIN5O. The number of hydrogen-bond acceptors (Lipinski definition) is 3. The van der Waals surface area contributed by atoms with E-state index in [9.17, 15) is 9.18 Å². The number of nitrogens with zero attached hydrogens (tertiary/aromatic N) is 3. The van der Waals surface area contributed by atoms with Gasteiger partial charge in [0.25, 0.3) is 0 Å². The molecule has 8 heteroatoms. The summed E-state index contributed by atoms with van der Waals surface area (Å²) >= 11 is 0. The summed E-state index contributed by atoms with van der Waals surface area (Å²) in [5.74, 6) is 0.242. The number of carbonyl (C=O) groups is 1. The van der Waals surface area contributed by atoms with Gasteiger partial charge in [-0.2, -0.15) is 0 Å². The Labute approximate surface area is 195 Å². The number of nitrogens with one attached hydrogen (secondary N) is 2. The highest BCUT2D eigenvalue weighted by molar-refractivity contribution is 14.0. The predicted octanol–water partition coefficient (Wildman–Crippen LogP) is 2.98. The number of halogens is 2. The molecule has 1 heterocycles. The Morgan fingerprint density at radius 3 is 2.60 bits per heavy atom. The van der Waals surface area contributed by atoms with Gasteiger partial charge in [0.15, 0.2) is 5.96 Å². The van der Waals surface area contributed by atoms with E-state index in [2.05, 4.69) is 20.6 Å². The van der Waals surface area contributed by atoms with Crippen LogP contribution in [-0.4, -0.2) is 55.5 Å². The smallest absolute Gasteiger partial charge is 0.241 e. The lowest BCUT2D eigenvalue weighted by Gasteiger charge is -2.27. The summed E-state index contributed by atoms with van der Waals surface area (Å²) < 4.78 is 13.5. The number of hydrogen-bond donors (Lipinski definition) is 2. The molecule has 0 fully saturated rings. The topological polar surface area (TPSA) is 69.6 Å². The Kier molecular flexibility index (Phi) is 10.7. The molecular weight excluding hydrogens is 496 g/mol. The Hall–Kier alpha value is -2.23. The molecule has 0 atom stereocenters. The number of likely N-dealkylation sites (N-methyl/N-ethyl adjacent to an activating group) is 1. The van der Waals surface area contributed by atoms with Gasteiger partial charge in [0.05, 0.1) is 6.54 Å². The molecule has 0 aliphatic heterocycles. The van der Waals surface area contributed by atoms with Crippen molar-refractivity contribution < 1.29 is 9.18 Å². The third kappa shape index (κ3) is 8.25. The molecule has 0 aliphatic carbocycles. The number of aliphatic imine (C=N–C) groups is 1. The zero-order chi connectivity index (χ0) is 21.3. The van der Waals surface area contributed by atoms with E-state index < -0.39 is 0 Å². The number of pyridine rings is 1. The van der Waals surface area contributed by atoms with E-state index in [4.69, 9.17) is 0 Å². The van der Waals surface area contributed by atoms with E-state index >= 15 is 0 Å². The first kappa shape index (κ1) is 25.8. The van der Waals surface area contributed by atoms with Crippen LogP contribution in [0.1, 0.15) is 25.1 Å². The van der Waals surface area contributed by atoms with Gasteiger partial charge in [-0.3, -0.25) is 14.8 Å². The van der Waals surface area contributed by atoms with Crippen molar-refractivity contribution in [3.63, 3.8) is 0 Å². The van der Waals surface area contributed by atoms with Crippen LogP contribution in [0.4, 0.5) is 4.39 Å². The van der Waals surface area contributed by atoms with Crippen molar-refractivity contribution in [3.05, 3.63) is 65.7 Å². The highest BCUT2D eigenvalue weighted by atomic mass is 127. The van der Waals surface area contributed by atoms with Gasteiger partial charge in [-0.05, 0) is 29.8 Å². The summed E-state index contributed by atoms with van der Waals surface area (Å²) in [4.78, 5) is 22.5. The van der Waals surface area contributed by atoms with Crippen LogP contribution in [0.3, 0.4) is 0 Å². The summed E-state index contributed by atoms with van der Waals surface area (Å²) in [5, 5.41) is 6.26. The molecule has 2 N–H and O–H groups in total. The molecule has 0 bridgehead atoms. The average molecular weight is 527 g/mol. The molecule has 0 spiro atoms. The van der Waals surface area contributed by atoms with Gasteiger partial charge in [0.2, 0.25) is 5.91 Å². The van der Waals surface area contributed by atoms with Gasteiger partial charge < -0.3 is 15.5 Å². The summed E-state index contributed by atoms with van der Waals surface area (Å²) in [6.45, 7) is 5.33. The minimum absolute atomic E-state index is 0. The molecule has 1 amide bonds. The fraction of sp³-hybridized carbons (Fsp3) is 0.409. The van der Waals surface area contributed by atoms with Crippen LogP contribution >= 0.6 is 24.0 Å². The molecule has 0 radical (unpaired) electrons. The molecule has 0 unspecified atom stereocenters. The average Bonchev–Trinajstić information content (AvgIpc) is 2.72. The van der Waals surface area contributed by atoms with E-state index in [1.807, 2.05) is 38.1 Å². The van der Waals surface area contributed by atoms with E-state index in [0.717, 1.165) is 11.3 Å². The van der Waals surface area contributed by atoms with Gasteiger partial charge in [-0.25, -0.2) is 4.39 Å². The highest BCUT2D eigenvalue weighted by Crippen LogP contribution is 2.22. The molecule has 0 aliphatic rings. The van der Waals surface area contributed by atoms with Crippen molar-refractivity contribution in [1.29, 1.82) is 0 Å². The maximum Gasteiger partial charge on any atom is 0.241 e. The predicted molar refractivity (Wildman–Crippen MR) is 130 cm³/mol. The maximum absolute atomic E-state index is 13.5. The molecule has 30 heavy (non-hydrogen) atoms. The van der Waals surface area contributed by atoms with Crippen molar-refractivity contribution in [1.82, 2.24) is 20.5 Å². The fourth-order valence-corrected chi connectivity index (χ4v) is 2.78. The highest BCUT2D eigenvalue weighted by Gasteiger charge is 2.21. The minimum atomic E-state index is -0.302. The van der Waals surface area contributed by atoms with Gasteiger partial charge >= 0.3 is 0 Å². The second-order valence-electron chi connectivity index (χ2n) is 7.56. The zero-order valence-corrected chi connectivity index (χ0v) is 20.3. The molecule has 2 aromatic rings. The van der Waals surface area contributed by atoms with Gasteiger partial charge in [-0.15, -0.1) is 24.0 Å². The normalized spacial score (nSPS) is 11.4. The minimum Gasteiger partial charge on any atom is -0.356 e. The zero-order valence-electron chi connectivity index (χ0n) is 18.0. The first-order chi connectivity index (χ1) is 13.8. The summed E-state index contributed by atoms with van der Waals surface area (Å²) in [7, 11) is 3.43. The monoisotopic (exact) mass is 527 g/mol. The molecule has 164 valence electrons. The summed E-state index contributed by atoms with van der Waals surface area (Å²) in [6, 6.07) is 12.3. The van der Waals surface area contributed by atoms with Gasteiger partial charge in [0, 0.05) is 50.9 Å². The van der Waals surface area contributed by atoms with E-state index in [1.54, 1.807) is 31.3 Å². The summed E-state index contributed by atoms with van der Waals surface area (Å²) in [6.07, 6.45) is 2.46. The van der Waals surface area contributed by atoms with Crippen molar-refractivity contribution in [2.75, 3.05) is 33.7 Å². The van der Waals surface area contributed by atoms with Crippen molar-refractivity contribution >= 4 is 35.8 Å². The Morgan fingerprint density at radius 1 is 1.20 bits per heavy atom. The number of aromatic nitrogens is 1. The van der Waals surface area contributed by atoms with Gasteiger partial charge in [-0.1, -0.05) is 32.0 Å². The van der Waals surface area contributed by atoms with E-state index in [1.165, 1.54) is 12.1 Å². The van der Waals surface area contributed by atoms with Crippen LogP contribution in [0, 0.1) is 5.82 Å². The molecule has 1 aromatic carbocycles. The van der Waals surface area contributed by atoms with Crippen LogP contribution < -0.4 is 10.6 Å². The molecule has 0 saturated carbocycles. The van der Waals surface area contributed by atoms with Crippen LogP contribution in [0.15, 0.2) is 53.7 Å². The van der Waals surface area contributed by atoms with Crippen molar-refractivity contribution in [2.24, 2.45) is 4.99 Å². The first-order valence-corrected chi connectivity index (χ1v) is 9.66. The van der Waals surface area contributed by atoms with Crippen molar-refractivity contribution in [3.8, 4) is 0 Å². The fourth-order valence-electron chi connectivity index (χ4n) is 2.78. The van der Waals surface area contributed by atoms with Crippen LogP contribution in [0.5, 0.6) is 0 Å². The molecule has 0 saturated heterocycles. The number of guanidine groups is 1. The quantitative estimate of drug-likeness (QED) is 0.315. The molecule has 1 aromatic heterocycles. The lowest BCUT2D eigenvalue weighted by molar-refractivity contribution is -0.128. The van der Waals surface area contributed by atoms with E-state index in [-0.39, 0.29) is 47.7 Å². The third-order valence-electron chi connectivity index (χ3n) is 4.79. The van der Waals surface area contributed by atoms with Crippen LogP contribution in [0.25, 0.3) is 0 Å². The number of rotatable bonds is 8. The number of amides is 1. The maximum atomic E-state index is 13.5. The lowest BCUT2D eigenvalue weighted by atomic mass is 9.84. The van der Waals surface area contributed by atoms with Crippen LogP contribution in [0.2, 0.25) is 0 Å². The first-order valence-electron chi connectivity index (χ1n) is 9.66. The number of benzene rings is 1.